The number of aliphatic hydroxyl groups is 1. The molecular weight excluding hydrogens is 282 g/mol. The molecule has 0 unspecified atom stereocenters. The third-order valence-electron chi connectivity index (χ3n) is 4.16. The Labute approximate surface area is 137 Å². The summed E-state index contributed by atoms with van der Waals surface area (Å²) < 4.78 is 0. The van der Waals surface area contributed by atoms with E-state index in [9.17, 15) is 5.11 Å². The van der Waals surface area contributed by atoms with E-state index >= 15 is 0 Å². The Kier molecular flexibility index (Phi) is 4.18. The third kappa shape index (κ3) is 2.86. The van der Waals surface area contributed by atoms with Crippen LogP contribution in [0.2, 0.25) is 0 Å². The van der Waals surface area contributed by atoms with Crippen LogP contribution in [0.1, 0.15) is 16.7 Å². The van der Waals surface area contributed by atoms with Gasteiger partial charge < -0.3 is 10.0 Å². The van der Waals surface area contributed by atoms with Gasteiger partial charge in [0.25, 0.3) is 0 Å². The van der Waals surface area contributed by atoms with Crippen molar-refractivity contribution in [2.75, 3.05) is 19.0 Å². The largest absolute Gasteiger partial charge is 0.378 e. The average molecular weight is 303 g/mol. The van der Waals surface area contributed by atoms with E-state index in [4.69, 9.17) is 0 Å². The predicted octanol–water partition coefficient (Wildman–Crippen LogP) is 4.04. The minimum absolute atomic E-state index is 0.862. The Morgan fingerprint density at radius 1 is 0.652 bits per heavy atom. The fourth-order valence-corrected chi connectivity index (χ4v) is 2.87. The first-order valence-corrected chi connectivity index (χ1v) is 7.73. The molecule has 23 heavy (non-hydrogen) atoms. The quantitative estimate of drug-likeness (QED) is 0.735. The van der Waals surface area contributed by atoms with Crippen molar-refractivity contribution in [3.63, 3.8) is 0 Å². The van der Waals surface area contributed by atoms with E-state index in [2.05, 4.69) is 0 Å². The molecule has 0 saturated carbocycles. The van der Waals surface area contributed by atoms with Crippen molar-refractivity contribution in [2.45, 2.75) is 5.60 Å². The standard InChI is InChI=1S/C21H21NO/c1-22(2)20-15-9-14-19(16-20)21(23,17-10-5-3-6-11-17)18-12-7-4-8-13-18/h3-16,23H,1-2H3. The highest BCUT2D eigenvalue weighted by atomic mass is 16.3. The first-order valence-electron chi connectivity index (χ1n) is 7.73. The molecule has 3 aromatic carbocycles. The van der Waals surface area contributed by atoms with Gasteiger partial charge in [-0.15, -0.1) is 0 Å². The van der Waals surface area contributed by atoms with Crippen LogP contribution in [0, 0.1) is 0 Å². The van der Waals surface area contributed by atoms with Crippen LogP contribution in [0.15, 0.2) is 84.9 Å². The molecular formula is C21H21NO. The molecule has 0 amide bonds. The highest BCUT2D eigenvalue weighted by Crippen LogP contribution is 2.37. The number of hydrogen-bond donors (Lipinski definition) is 1. The third-order valence-corrected chi connectivity index (χ3v) is 4.16. The van der Waals surface area contributed by atoms with Crippen LogP contribution in [0.5, 0.6) is 0 Å². The fraction of sp³-hybridized carbons (Fsp3) is 0.143. The van der Waals surface area contributed by atoms with E-state index in [-0.39, 0.29) is 0 Å². The zero-order valence-corrected chi connectivity index (χ0v) is 13.5. The minimum Gasteiger partial charge on any atom is -0.378 e. The average Bonchev–Trinajstić information content (AvgIpc) is 2.62. The van der Waals surface area contributed by atoms with Crippen molar-refractivity contribution in [3.8, 4) is 0 Å². The van der Waals surface area contributed by atoms with Crippen molar-refractivity contribution in [2.24, 2.45) is 0 Å². The van der Waals surface area contributed by atoms with E-state index in [0.29, 0.717) is 0 Å². The van der Waals surface area contributed by atoms with Gasteiger partial charge in [-0.2, -0.15) is 0 Å². The maximum absolute atomic E-state index is 11.7. The Morgan fingerprint density at radius 3 is 1.61 bits per heavy atom. The molecule has 3 aromatic rings. The van der Waals surface area contributed by atoms with Crippen molar-refractivity contribution in [3.05, 3.63) is 102 Å². The second-order valence-corrected chi connectivity index (χ2v) is 5.89. The summed E-state index contributed by atoms with van der Waals surface area (Å²) >= 11 is 0. The first-order chi connectivity index (χ1) is 11.1. The summed E-state index contributed by atoms with van der Waals surface area (Å²) in [7, 11) is 4.01. The lowest BCUT2D eigenvalue weighted by atomic mass is 9.80. The number of nitrogens with zero attached hydrogens (tertiary/aromatic N) is 1. The van der Waals surface area contributed by atoms with Gasteiger partial charge in [0.05, 0.1) is 0 Å². The molecule has 1 N–H and O–H groups in total. The second-order valence-electron chi connectivity index (χ2n) is 5.89. The van der Waals surface area contributed by atoms with Gasteiger partial charge in [-0.3, -0.25) is 0 Å². The zero-order chi connectivity index (χ0) is 16.3. The number of hydrogen-bond acceptors (Lipinski definition) is 2. The van der Waals surface area contributed by atoms with Gasteiger partial charge >= 0.3 is 0 Å². The Bertz CT molecular complexity index is 727. The molecule has 3 rings (SSSR count). The van der Waals surface area contributed by atoms with Crippen molar-refractivity contribution in [1.82, 2.24) is 0 Å². The number of anilines is 1. The molecule has 116 valence electrons. The van der Waals surface area contributed by atoms with Gasteiger partial charge in [0.1, 0.15) is 5.60 Å². The maximum atomic E-state index is 11.7. The fourth-order valence-electron chi connectivity index (χ4n) is 2.87. The smallest absolute Gasteiger partial charge is 0.140 e. The Balaban J connectivity index is 2.23. The Morgan fingerprint density at radius 2 is 1.13 bits per heavy atom. The summed E-state index contributed by atoms with van der Waals surface area (Å²) in [5, 5.41) is 11.7. The van der Waals surface area contributed by atoms with Crippen molar-refractivity contribution < 1.29 is 5.11 Å². The van der Waals surface area contributed by atoms with Crippen LogP contribution in [0.3, 0.4) is 0 Å². The molecule has 0 saturated heterocycles. The summed E-state index contributed by atoms with van der Waals surface area (Å²) in [5.41, 5.74) is 2.48. The molecule has 0 heterocycles. The summed E-state index contributed by atoms with van der Waals surface area (Å²) in [6, 6.07) is 27.7. The molecule has 0 bridgehead atoms. The van der Waals surface area contributed by atoms with E-state index in [1.54, 1.807) is 0 Å². The minimum atomic E-state index is -1.17. The van der Waals surface area contributed by atoms with E-state index in [1.165, 1.54) is 0 Å². The van der Waals surface area contributed by atoms with Gasteiger partial charge in [0, 0.05) is 19.8 Å². The molecule has 2 nitrogen and oxygen atoms in total. The lowest BCUT2D eigenvalue weighted by Crippen LogP contribution is -2.29. The highest BCUT2D eigenvalue weighted by molar-refractivity contribution is 5.54. The van der Waals surface area contributed by atoms with Gasteiger partial charge in [-0.05, 0) is 28.8 Å². The number of benzene rings is 3. The summed E-state index contributed by atoms with van der Waals surface area (Å²) in [4.78, 5) is 2.04. The summed E-state index contributed by atoms with van der Waals surface area (Å²) in [6.07, 6.45) is 0. The highest BCUT2D eigenvalue weighted by Gasteiger charge is 2.33. The second kappa shape index (κ2) is 6.27. The lowest BCUT2D eigenvalue weighted by Gasteiger charge is -2.31. The van der Waals surface area contributed by atoms with Crippen LogP contribution < -0.4 is 4.90 Å². The van der Waals surface area contributed by atoms with Gasteiger partial charge in [-0.1, -0.05) is 72.8 Å². The van der Waals surface area contributed by atoms with Crippen LogP contribution in [0.25, 0.3) is 0 Å². The molecule has 0 spiro atoms. The topological polar surface area (TPSA) is 23.5 Å². The van der Waals surface area contributed by atoms with Gasteiger partial charge in [-0.25, -0.2) is 0 Å². The van der Waals surface area contributed by atoms with E-state index < -0.39 is 5.60 Å². The Hall–Kier alpha value is -2.58. The first kappa shape index (κ1) is 15.3. The van der Waals surface area contributed by atoms with E-state index in [0.717, 1.165) is 22.4 Å². The molecule has 2 heteroatoms. The molecule has 0 atom stereocenters. The molecule has 0 aromatic heterocycles. The van der Waals surface area contributed by atoms with E-state index in [1.807, 2.05) is 104 Å². The lowest BCUT2D eigenvalue weighted by molar-refractivity contribution is 0.126. The van der Waals surface area contributed by atoms with Gasteiger partial charge in [0.2, 0.25) is 0 Å². The van der Waals surface area contributed by atoms with Crippen LogP contribution in [0.4, 0.5) is 5.69 Å². The monoisotopic (exact) mass is 303 g/mol. The number of rotatable bonds is 4. The molecule has 0 radical (unpaired) electrons. The van der Waals surface area contributed by atoms with Gasteiger partial charge in [0.15, 0.2) is 0 Å². The van der Waals surface area contributed by atoms with Crippen LogP contribution in [-0.4, -0.2) is 19.2 Å². The van der Waals surface area contributed by atoms with Crippen LogP contribution >= 0.6 is 0 Å². The molecule has 0 fully saturated rings. The molecule has 0 aliphatic heterocycles. The molecule has 0 aliphatic rings. The van der Waals surface area contributed by atoms with Crippen LogP contribution in [-0.2, 0) is 5.60 Å². The normalized spacial score (nSPS) is 11.3. The SMILES string of the molecule is CN(C)c1cccc(C(O)(c2ccccc2)c2ccccc2)c1. The summed E-state index contributed by atoms with van der Waals surface area (Å²) in [5.74, 6) is 0. The zero-order valence-electron chi connectivity index (χ0n) is 13.5. The van der Waals surface area contributed by atoms with Crippen molar-refractivity contribution >= 4 is 5.69 Å². The maximum Gasteiger partial charge on any atom is 0.140 e. The van der Waals surface area contributed by atoms with Crippen molar-refractivity contribution in [1.29, 1.82) is 0 Å². The molecule has 0 aliphatic carbocycles. The predicted molar refractivity (Wildman–Crippen MR) is 95.8 cm³/mol. The summed E-state index contributed by atoms with van der Waals surface area (Å²) in [6.45, 7) is 0.